The molecule has 0 aliphatic carbocycles. The van der Waals surface area contributed by atoms with Crippen LogP contribution in [0.15, 0.2) is 0 Å². The molecule has 0 radical (unpaired) electrons. The van der Waals surface area contributed by atoms with E-state index in [1.165, 1.54) is 32.6 Å². The maximum absolute atomic E-state index is 5.90. The van der Waals surface area contributed by atoms with Gasteiger partial charge in [-0.25, -0.2) is 0 Å². The van der Waals surface area contributed by atoms with Crippen molar-refractivity contribution in [2.45, 2.75) is 32.4 Å². The van der Waals surface area contributed by atoms with Crippen LogP contribution in [-0.2, 0) is 0 Å². The fourth-order valence-electron chi connectivity index (χ4n) is 1.81. The van der Waals surface area contributed by atoms with Gasteiger partial charge in [0.05, 0.1) is 0 Å². The zero-order valence-electron chi connectivity index (χ0n) is 9.16. The lowest BCUT2D eigenvalue weighted by molar-refractivity contribution is 0.195. The minimum Gasteiger partial charge on any atom is -0.327 e. The van der Waals surface area contributed by atoms with E-state index < -0.39 is 0 Å². The van der Waals surface area contributed by atoms with E-state index in [1.807, 2.05) is 0 Å². The van der Waals surface area contributed by atoms with Gasteiger partial charge >= 0.3 is 0 Å². The summed E-state index contributed by atoms with van der Waals surface area (Å²) in [7, 11) is 2.19. The predicted octanol–water partition coefficient (Wildman–Crippen LogP) is 0.360. The Bertz CT molecular complexity index is 147. The lowest BCUT2D eigenvalue weighted by atomic mass is 10.1. The van der Waals surface area contributed by atoms with E-state index in [2.05, 4.69) is 30.7 Å². The third kappa shape index (κ3) is 3.25. The van der Waals surface area contributed by atoms with E-state index in [0.29, 0.717) is 6.04 Å². The molecule has 1 aliphatic rings. The first-order valence-corrected chi connectivity index (χ1v) is 5.29. The summed E-state index contributed by atoms with van der Waals surface area (Å²) < 4.78 is 0. The van der Waals surface area contributed by atoms with Gasteiger partial charge in [-0.2, -0.15) is 0 Å². The molecule has 1 saturated heterocycles. The zero-order chi connectivity index (χ0) is 9.84. The van der Waals surface area contributed by atoms with Crippen molar-refractivity contribution in [3.8, 4) is 0 Å². The standard InChI is InChI=1S/C10H23N3/c1-9(11)10(2)13-6-4-5-12(3)7-8-13/h9-10H,4-8,11H2,1-3H3. The van der Waals surface area contributed by atoms with Gasteiger partial charge in [0.1, 0.15) is 0 Å². The minimum atomic E-state index is 0.281. The van der Waals surface area contributed by atoms with Crippen LogP contribution in [0.25, 0.3) is 0 Å². The van der Waals surface area contributed by atoms with Crippen molar-refractivity contribution in [2.75, 3.05) is 33.2 Å². The molecule has 13 heavy (non-hydrogen) atoms. The van der Waals surface area contributed by atoms with Gasteiger partial charge in [-0.3, -0.25) is 4.90 Å². The van der Waals surface area contributed by atoms with Crippen LogP contribution in [0, 0.1) is 0 Å². The maximum atomic E-state index is 5.90. The van der Waals surface area contributed by atoms with Crippen LogP contribution in [0.5, 0.6) is 0 Å². The number of nitrogens with zero attached hydrogens (tertiary/aromatic N) is 2. The molecular formula is C10H23N3. The summed E-state index contributed by atoms with van der Waals surface area (Å²) in [6.07, 6.45) is 1.27. The molecule has 0 aromatic heterocycles. The molecule has 2 N–H and O–H groups in total. The molecule has 1 rings (SSSR count). The third-order valence-corrected chi connectivity index (χ3v) is 3.09. The molecule has 2 unspecified atom stereocenters. The van der Waals surface area contributed by atoms with E-state index in [1.54, 1.807) is 0 Å². The lowest BCUT2D eigenvalue weighted by Crippen LogP contribution is -2.45. The molecule has 3 heteroatoms. The summed E-state index contributed by atoms with van der Waals surface area (Å²) in [6, 6.07) is 0.801. The first kappa shape index (κ1) is 11.0. The lowest BCUT2D eigenvalue weighted by Gasteiger charge is -2.30. The quantitative estimate of drug-likeness (QED) is 0.674. The smallest absolute Gasteiger partial charge is 0.0216 e. The molecule has 0 aromatic rings. The fraction of sp³-hybridized carbons (Fsp3) is 1.00. The van der Waals surface area contributed by atoms with Crippen LogP contribution in [0.3, 0.4) is 0 Å². The van der Waals surface area contributed by atoms with Gasteiger partial charge < -0.3 is 10.6 Å². The number of rotatable bonds is 2. The second-order valence-corrected chi connectivity index (χ2v) is 4.29. The topological polar surface area (TPSA) is 32.5 Å². The second kappa shape index (κ2) is 4.94. The van der Waals surface area contributed by atoms with Crippen LogP contribution < -0.4 is 5.73 Å². The van der Waals surface area contributed by atoms with Crippen LogP contribution in [-0.4, -0.2) is 55.1 Å². The monoisotopic (exact) mass is 185 g/mol. The predicted molar refractivity (Wildman–Crippen MR) is 56.8 cm³/mol. The highest BCUT2D eigenvalue weighted by Gasteiger charge is 2.19. The summed E-state index contributed by atoms with van der Waals surface area (Å²) in [5, 5.41) is 0. The number of hydrogen-bond donors (Lipinski definition) is 1. The zero-order valence-corrected chi connectivity index (χ0v) is 9.16. The van der Waals surface area contributed by atoms with Gasteiger partial charge in [0, 0.05) is 25.2 Å². The largest absolute Gasteiger partial charge is 0.327 e. The highest BCUT2D eigenvalue weighted by molar-refractivity contribution is 4.77. The van der Waals surface area contributed by atoms with E-state index in [0.717, 1.165) is 0 Å². The number of likely N-dealkylation sites (N-methyl/N-ethyl adjacent to an activating group) is 1. The van der Waals surface area contributed by atoms with E-state index in [-0.39, 0.29) is 6.04 Å². The van der Waals surface area contributed by atoms with Crippen molar-refractivity contribution >= 4 is 0 Å². The fourth-order valence-corrected chi connectivity index (χ4v) is 1.81. The molecule has 0 amide bonds. The molecule has 0 bridgehead atoms. The average molecular weight is 185 g/mol. The first-order chi connectivity index (χ1) is 6.11. The highest BCUT2D eigenvalue weighted by atomic mass is 15.2. The van der Waals surface area contributed by atoms with Crippen molar-refractivity contribution in [3.05, 3.63) is 0 Å². The normalized spacial score (nSPS) is 26.8. The SMILES string of the molecule is CC(N)C(C)N1CCCN(C)CC1. The number of nitrogens with two attached hydrogens (primary N) is 1. The van der Waals surface area contributed by atoms with E-state index in [4.69, 9.17) is 5.73 Å². The van der Waals surface area contributed by atoms with Crippen LogP contribution in [0.2, 0.25) is 0 Å². The van der Waals surface area contributed by atoms with Crippen molar-refractivity contribution in [1.82, 2.24) is 9.80 Å². The highest BCUT2D eigenvalue weighted by Crippen LogP contribution is 2.07. The van der Waals surface area contributed by atoms with Gasteiger partial charge in [-0.15, -0.1) is 0 Å². The Kier molecular flexibility index (Phi) is 4.16. The molecule has 0 saturated carbocycles. The van der Waals surface area contributed by atoms with Crippen molar-refractivity contribution < 1.29 is 0 Å². The average Bonchev–Trinajstić information content (AvgIpc) is 2.28. The van der Waals surface area contributed by atoms with Crippen LogP contribution >= 0.6 is 0 Å². The summed E-state index contributed by atoms with van der Waals surface area (Å²) in [6.45, 7) is 9.10. The summed E-state index contributed by atoms with van der Waals surface area (Å²) in [4.78, 5) is 4.90. The summed E-state index contributed by atoms with van der Waals surface area (Å²) in [5.74, 6) is 0. The Morgan fingerprint density at radius 3 is 2.38 bits per heavy atom. The molecule has 1 fully saturated rings. The first-order valence-electron chi connectivity index (χ1n) is 5.29. The Morgan fingerprint density at radius 2 is 1.77 bits per heavy atom. The molecule has 2 atom stereocenters. The third-order valence-electron chi connectivity index (χ3n) is 3.09. The van der Waals surface area contributed by atoms with Crippen molar-refractivity contribution in [2.24, 2.45) is 5.73 Å². The minimum absolute atomic E-state index is 0.281. The van der Waals surface area contributed by atoms with E-state index in [9.17, 15) is 0 Å². The van der Waals surface area contributed by atoms with Crippen molar-refractivity contribution in [3.63, 3.8) is 0 Å². The summed E-state index contributed by atoms with van der Waals surface area (Å²) in [5.41, 5.74) is 5.90. The molecule has 1 aliphatic heterocycles. The Morgan fingerprint density at radius 1 is 1.08 bits per heavy atom. The second-order valence-electron chi connectivity index (χ2n) is 4.29. The van der Waals surface area contributed by atoms with Crippen LogP contribution in [0.1, 0.15) is 20.3 Å². The van der Waals surface area contributed by atoms with Gasteiger partial charge in [0.2, 0.25) is 0 Å². The molecular weight excluding hydrogens is 162 g/mol. The Balaban J connectivity index is 2.41. The molecule has 0 spiro atoms. The van der Waals surface area contributed by atoms with Crippen molar-refractivity contribution in [1.29, 1.82) is 0 Å². The Hall–Kier alpha value is -0.120. The molecule has 0 aromatic carbocycles. The molecule has 78 valence electrons. The Labute approximate surface area is 81.9 Å². The molecule has 3 nitrogen and oxygen atoms in total. The molecule has 1 heterocycles. The van der Waals surface area contributed by atoms with E-state index >= 15 is 0 Å². The van der Waals surface area contributed by atoms with Gasteiger partial charge in [0.15, 0.2) is 0 Å². The van der Waals surface area contributed by atoms with Crippen LogP contribution in [0.4, 0.5) is 0 Å². The number of hydrogen-bond acceptors (Lipinski definition) is 3. The maximum Gasteiger partial charge on any atom is 0.0216 e. The van der Waals surface area contributed by atoms with Gasteiger partial charge in [-0.1, -0.05) is 0 Å². The summed E-state index contributed by atoms with van der Waals surface area (Å²) >= 11 is 0. The van der Waals surface area contributed by atoms with Gasteiger partial charge in [-0.05, 0) is 40.4 Å². The van der Waals surface area contributed by atoms with Gasteiger partial charge in [0.25, 0.3) is 0 Å².